The van der Waals surface area contributed by atoms with Gasteiger partial charge in [0, 0.05) is 24.6 Å². The van der Waals surface area contributed by atoms with Crippen molar-refractivity contribution >= 4 is 11.3 Å². The smallest absolute Gasteiger partial charge is 0.0471 e. The number of nitrogens with one attached hydrogen (secondary N) is 1. The topological polar surface area (TPSA) is 21.3 Å². The molecule has 0 radical (unpaired) electrons. The van der Waals surface area contributed by atoms with Crippen molar-refractivity contribution in [1.29, 1.82) is 0 Å². The van der Waals surface area contributed by atoms with E-state index in [1.54, 1.807) is 0 Å². The van der Waals surface area contributed by atoms with Crippen LogP contribution in [0.25, 0.3) is 0 Å². The number of thiophene rings is 1. The zero-order chi connectivity index (χ0) is 12.8. The van der Waals surface area contributed by atoms with Gasteiger partial charge in [-0.05, 0) is 48.6 Å². The van der Waals surface area contributed by atoms with Crippen molar-refractivity contribution in [3.63, 3.8) is 0 Å². The van der Waals surface area contributed by atoms with Crippen LogP contribution in [0.1, 0.15) is 31.6 Å². The standard InChI is InChI=1S/C15H25NOS/c1-13(2)11-16-12-15(5-7-17-8-6-15)10-14-4-3-9-18-14/h3-4,9,13,16H,5-8,10-12H2,1-2H3. The minimum Gasteiger partial charge on any atom is -0.381 e. The quantitative estimate of drug-likeness (QED) is 0.853. The molecule has 1 N–H and O–H groups in total. The molecule has 1 saturated heterocycles. The maximum atomic E-state index is 5.55. The summed E-state index contributed by atoms with van der Waals surface area (Å²) in [5, 5.41) is 5.84. The molecule has 0 unspecified atom stereocenters. The van der Waals surface area contributed by atoms with Crippen molar-refractivity contribution in [2.75, 3.05) is 26.3 Å². The highest BCUT2D eigenvalue weighted by atomic mass is 32.1. The Bertz CT molecular complexity index is 328. The van der Waals surface area contributed by atoms with Gasteiger partial charge in [0.15, 0.2) is 0 Å². The first-order chi connectivity index (χ1) is 8.70. The molecule has 1 aromatic heterocycles. The van der Waals surface area contributed by atoms with Crippen molar-refractivity contribution in [1.82, 2.24) is 5.32 Å². The highest BCUT2D eigenvalue weighted by Gasteiger charge is 2.32. The molecule has 102 valence electrons. The molecule has 0 aromatic carbocycles. The fraction of sp³-hybridized carbons (Fsp3) is 0.733. The molecule has 0 spiro atoms. The summed E-state index contributed by atoms with van der Waals surface area (Å²) in [4.78, 5) is 1.52. The van der Waals surface area contributed by atoms with Crippen LogP contribution >= 0.6 is 11.3 Å². The first-order valence-electron chi connectivity index (χ1n) is 7.01. The monoisotopic (exact) mass is 267 g/mol. The van der Waals surface area contributed by atoms with Gasteiger partial charge in [0.05, 0.1) is 0 Å². The second-order valence-electron chi connectivity index (χ2n) is 5.89. The summed E-state index contributed by atoms with van der Waals surface area (Å²) in [6, 6.07) is 4.43. The molecule has 2 rings (SSSR count). The molecule has 3 heteroatoms. The second kappa shape index (κ2) is 6.69. The summed E-state index contributed by atoms with van der Waals surface area (Å²) in [7, 11) is 0. The van der Waals surface area contributed by atoms with E-state index in [4.69, 9.17) is 4.74 Å². The van der Waals surface area contributed by atoms with Gasteiger partial charge < -0.3 is 10.1 Å². The Hall–Kier alpha value is -0.380. The highest BCUT2D eigenvalue weighted by molar-refractivity contribution is 7.09. The van der Waals surface area contributed by atoms with E-state index < -0.39 is 0 Å². The minimum atomic E-state index is 0.415. The second-order valence-corrected chi connectivity index (χ2v) is 6.93. The van der Waals surface area contributed by atoms with Gasteiger partial charge in [0.1, 0.15) is 0 Å². The third-order valence-corrected chi connectivity index (χ3v) is 4.61. The van der Waals surface area contributed by atoms with Crippen LogP contribution in [0.3, 0.4) is 0 Å². The number of ether oxygens (including phenoxy) is 1. The molecule has 0 amide bonds. The van der Waals surface area contributed by atoms with Crippen molar-refractivity contribution in [2.45, 2.75) is 33.1 Å². The van der Waals surface area contributed by atoms with E-state index in [9.17, 15) is 0 Å². The van der Waals surface area contributed by atoms with Gasteiger partial charge in [-0.15, -0.1) is 11.3 Å². The van der Waals surface area contributed by atoms with Crippen LogP contribution in [-0.4, -0.2) is 26.3 Å². The van der Waals surface area contributed by atoms with Crippen LogP contribution in [0.15, 0.2) is 17.5 Å². The number of hydrogen-bond acceptors (Lipinski definition) is 3. The Balaban J connectivity index is 1.94. The zero-order valence-electron chi connectivity index (χ0n) is 11.6. The van der Waals surface area contributed by atoms with Crippen molar-refractivity contribution in [3.05, 3.63) is 22.4 Å². The molecule has 0 bridgehead atoms. The molecule has 1 aliphatic rings. The van der Waals surface area contributed by atoms with Gasteiger partial charge in [0.2, 0.25) is 0 Å². The van der Waals surface area contributed by atoms with Crippen LogP contribution in [0.2, 0.25) is 0 Å². The fourth-order valence-corrected chi connectivity index (χ4v) is 3.51. The van der Waals surface area contributed by atoms with Gasteiger partial charge >= 0.3 is 0 Å². The van der Waals surface area contributed by atoms with Crippen molar-refractivity contribution in [3.8, 4) is 0 Å². The molecule has 1 aromatic rings. The van der Waals surface area contributed by atoms with Crippen LogP contribution < -0.4 is 5.32 Å². The van der Waals surface area contributed by atoms with E-state index in [1.807, 2.05) is 11.3 Å². The van der Waals surface area contributed by atoms with Crippen molar-refractivity contribution < 1.29 is 4.74 Å². The van der Waals surface area contributed by atoms with E-state index >= 15 is 0 Å². The molecule has 2 nitrogen and oxygen atoms in total. The average molecular weight is 267 g/mol. The summed E-state index contributed by atoms with van der Waals surface area (Å²) in [6.45, 7) is 8.63. The molecule has 0 atom stereocenters. The lowest BCUT2D eigenvalue weighted by Crippen LogP contribution is -2.41. The first kappa shape index (κ1) is 14.0. The number of hydrogen-bond donors (Lipinski definition) is 1. The highest BCUT2D eigenvalue weighted by Crippen LogP contribution is 2.35. The Morgan fingerprint density at radius 2 is 2.17 bits per heavy atom. The summed E-state index contributed by atoms with van der Waals surface area (Å²) in [6.07, 6.45) is 3.59. The molecular weight excluding hydrogens is 242 g/mol. The first-order valence-corrected chi connectivity index (χ1v) is 7.89. The molecule has 0 saturated carbocycles. The lowest BCUT2D eigenvalue weighted by molar-refractivity contribution is 0.0151. The van der Waals surface area contributed by atoms with Crippen LogP contribution in [0.5, 0.6) is 0 Å². The minimum absolute atomic E-state index is 0.415. The van der Waals surface area contributed by atoms with E-state index in [-0.39, 0.29) is 0 Å². The summed E-state index contributed by atoms with van der Waals surface area (Å²) < 4.78 is 5.55. The molecule has 1 aliphatic heterocycles. The van der Waals surface area contributed by atoms with Gasteiger partial charge in [-0.25, -0.2) is 0 Å². The average Bonchev–Trinajstić information content (AvgIpc) is 2.82. The lowest BCUT2D eigenvalue weighted by atomic mass is 9.76. The lowest BCUT2D eigenvalue weighted by Gasteiger charge is -2.37. The van der Waals surface area contributed by atoms with E-state index in [1.165, 1.54) is 24.1 Å². The molecule has 18 heavy (non-hydrogen) atoms. The van der Waals surface area contributed by atoms with Crippen molar-refractivity contribution in [2.24, 2.45) is 11.3 Å². The third kappa shape index (κ3) is 4.08. The van der Waals surface area contributed by atoms with Gasteiger partial charge in [0.25, 0.3) is 0 Å². The summed E-state index contributed by atoms with van der Waals surface area (Å²) in [5.74, 6) is 0.726. The largest absolute Gasteiger partial charge is 0.381 e. The van der Waals surface area contributed by atoms with Gasteiger partial charge in [-0.2, -0.15) is 0 Å². The maximum absolute atomic E-state index is 5.55. The van der Waals surface area contributed by atoms with Crippen LogP contribution in [-0.2, 0) is 11.2 Å². The van der Waals surface area contributed by atoms with E-state index in [2.05, 4.69) is 36.7 Å². The Labute approximate surface area is 115 Å². The zero-order valence-corrected chi connectivity index (χ0v) is 12.4. The van der Waals surface area contributed by atoms with Gasteiger partial charge in [-0.3, -0.25) is 0 Å². The molecule has 1 fully saturated rings. The van der Waals surface area contributed by atoms with E-state index in [0.717, 1.165) is 32.2 Å². The van der Waals surface area contributed by atoms with E-state index in [0.29, 0.717) is 5.41 Å². The maximum Gasteiger partial charge on any atom is 0.0471 e. The normalized spacial score (nSPS) is 19.3. The molecule has 0 aliphatic carbocycles. The third-order valence-electron chi connectivity index (χ3n) is 3.74. The predicted octanol–water partition coefficient (Wildman–Crippen LogP) is 3.33. The van der Waals surface area contributed by atoms with Gasteiger partial charge in [-0.1, -0.05) is 19.9 Å². The molecular formula is C15H25NOS. The Morgan fingerprint density at radius 3 is 2.78 bits per heavy atom. The summed E-state index contributed by atoms with van der Waals surface area (Å²) >= 11 is 1.89. The fourth-order valence-electron chi connectivity index (χ4n) is 2.63. The van der Waals surface area contributed by atoms with Crippen LogP contribution in [0.4, 0.5) is 0 Å². The SMILES string of the molecule is CC(C)CNCC1(Cc2cccs2)CCOCC1. The van der Waals surface area contributed by atoms with Crippen LogP contribution in [0, 0.1) is 11.3 Å². The predicted molar refractivity (Wildman–Crippen MR) is 78.2 cm³/mol. The summed E-state index contributed by atoms with van der Waals surface area (Å²) in [5.41, 5.74) is 0.415. The number of rotatable bonds is 6. The Morgan fingerprint density at radius 1 is 1.39 bits per heavy atom. The Kier molecular flexibility index (Phi) is 5.22. The molecule has 2 heterocycles.